The van der Waals surface area contributed by atoms with Gasteiger partial charge in [-0.3, -0.25) is 4.79 Å². The molecular weight excluding hydrogens is 204 g/mol. The van der Waals surface area contributed by atoms with Crippen LogP contribution in [0.1, 0.15) is 22.8 Å². The highest BCUT2D eigenvalue weighted by atomic mass is 19.3. The Balaban J connectivity index is 3.24. The Kier molecular flexibility index (Phi) is 3.24. The largest absolute Gasteiger partial charge is 0.432 e. The van der Waals surface area contributed by atoms with Crippen LogP contribution in [-0.2, 0) is 0 Å². The summed E-state index contributed by atoms with van der Waals surface area (Å²) in [7, 11) is 0. The molecule has 0 atom stereocenters. The first-order valence-electron chi connectivity index (χ1n) is 4.28. The maximum atomic E-state index is 12.1. The van der Waals surface area contributed by atoms with Crippen molar-refractivity contribution in [2.75, 3.05) is 5.73 Å². The van der Waals surface area contributed by atoms with Crippen LogP contribution in [0, 0.1) is 6.92 Å². The van der Waals surface area contributed by atoms with E-state index in [9.17, 15) is 13.6 Å². The number of anilines is 1. The minimum absolute atomic E-state index is 0.0952. The summed E-state index contributed by atoms with van der Waals surface area (Å²) in [4.78, 5) is 11.1. The molecule has 0 aromatic heterocycles. The quantitative estimate of drug-likeness (QED) is 0.622. The van der Waals surface area contributed by atoms with Gasteiger partial charge < -0.3 is 10.5 Å². The highest BCUT2D eigenvalue weighted by Gasteiger charge is 2.15. The zero-order valence-corrected chi connectivity index (χ0v) is 8.38. The Bertz CT molecular complexity index is 391. The first kappa shape index (κ1) is 11.4. The molecule has 0 saturated carbocycles. The fourth-order valence-electron chi connectivity index (χ4n) is 1.34. The molecule has 3 nitrogen and oxygen atoms in total. The van der Waals surface area contributed by atoms with Gasteiger partial charge in [0.2, 0.25) is 0 Å². The highest BCUT2D eigenvalue weighted by molar-refractivity contribution is 5.96. The van der Waals surface area contributed by atoms with E-state index in [0.717, 1.165) is 0 Å². The average molecular weight is 215 g/mol. The van der Waals surface area contributed by atoms with Gasteiger partial charge in [-0.15, -0.1) is 0 Å². The molecule has 2 N–H and O–H groups in total. The van der Waals surface area contributed by atoms with Crippen molar-refractivity contribution in [2.24, 2.45) is 0 Å². The average Bonchev–Trinajstić information content (AvgIpc) is 2.11. The number of nitrogens with two attached hydrogens (primary N) is 1. The number of rotatable bonds is 3. The summed E-state index contributed by atoms with van der Waals surface area (Å²) in [6.07, 6.45) is 0. The van der Waals surface area contributed by atoms with E-state index in [4.69, 9.17) is 5.73 Å². The van der Waals surface area contributed by atoms with Crippen molar-refractivity contribution in [2.45, 2.75) is 20.5 Å². The summed E-state index contributed by atoms with van der Waals surface area (Å²) >= 11 is 0. The van der Waals surface area contributed by atoms with Gasteiger partial charge in [-0.05, 0) is 26.0 Å². The number of nitrogen functional groups attached to an aromatic ring is 1. The zero-order valence-electron chi connectivity index (χ0n) is 8.38. The van der Waals surface area contributed by atoms with Gasteiger partial charge >= 0.3 is 6.61 Å². The Morgan fingerprint density at radius 1 is 1.47 bits per heavy atom. The van der Waals surface area contributed by atoms with Gasteiger partial charge in [-0.1, -0.05) is 0 Å². The molecule has 1 aromatic carbocycles. The van der Waals surface area contributed by atoms with Crippen molar-refractivity contribution < 1.29 is 18.3 Å². The van der Waals surface area contributed by atoms with Crippen molar-refractivity contribution in [3.63, 3.8) is 0 Å². The Morgan fingerprint density at radius 3 is 2.53 bits per heavy atom. The number of alkyl halides is 2. The summed E-state index contributed by atoms with van der Waals surface area (Å²) in [5, 5.41) is 0. The molecular formula is C10H11F2NO2. The van der Waals surface area contributed by atoms with Crippen LogP contribution in [-0.4, -0.2) is 12.4 Å². The zero-order chi connectivity index (χ0) is 11.6. The van der Waals surface area contributed by atoms with Gasteiger partial charge in [0, 0.05) is 11.1 Å². The molecule has 0 radical (unpaired) electrons. The van der Waals surface area contributed by atoms with E-state index in [-0.39, 0.29) is 17.2 Å². The van der Waals surface area contributed by atoms with Crippen LogP contribution in [0.4, 0.5) is 14.5 Å². The molecule has 0 fully saturated rings. The second kappa shape index (κ2) is 4.25. The number of hydrogen-bond acceptors (Lipinski definition) is 3. The fraction of sp³-hybridized carbons (Fsp3) is 0.300. The molecule has 0 saturated heterocycles. The third-order valence-electron chi connectivity index (χ3n) is 2.02. The lowest BCUT2D eigenvalue weighted by molar-refractivity contribution is -0.0498. The van der Waals surface area contributed by atoms with Gasteiger partial charge in [0.05, 0.1) is 5.69 Å². The van der Waals surface area contributed by atoms with Crippen LogP contribution >= 0.6 is 0 Å². The van der Waals surface area contributed by atoms with E-state index < -0.39 is 6.61 Å². The van der Waals surface area contributed by atoms with Crippen molar-refractivity contribution in [3.05, 3.63) is 23.3 Å². The van der Waals surface area contributed by atoms with E-state index in [1.807, 2.05) is 0 Å². The number of halogens is 2. The van der Waals surface area contributed by atoms with Crippen molar-refractivity contribution in [1.82, 2.24) is 0 Å². The highest BCUT2D eigenvalue weighted by Crippen LogP contribution is 2.30. The van der Waals surface area contributed by atoms with Gasteiger partial charge in [0.25, 0.3) is 0 Å². The number of hydrogen-bond donors (Lipinski definition) is 1. The molecule has 1 aromatic rings. The standard InChI is InChI=1S/C10H11F2NO2/c1-5-7(6(2)14)3-4-8(13)9(5)15-10(11)12/h3-4,10H,13H2,1-2H3. The molecule has 82 valence electrons. The molecule has 1 rings (SSSR count). The van der Waals surface area contributed by atoms with Gasteiger partial charge in [-0.25, -0.2) is 0 Å². The number of carbonyl (C=O) groups excluding carboxylic acids is 1. The predicted molar refractivity (Wildman–Crippen MR) is 52.2 cm³/mol. The van der Waals surface area contributed by atoms with Crippen LogP contribution in [0.3, 0.4) is 0 Å². The van der Waals surface area contributed by atoms with Crippen LogP contribution in [0.15, 0.2) is 12.1 Å². The molecule has 0 aliphatic heterocycles. The number of carbonyl (C=O) groups is 1. The maximum absolute atomic E-state index is 12.1. The van der Waals surface area contributed by atoms with Gasteiger partial charge in [-0.2, -0.15) is 8.78 Å². The molecule has 5 heteroatoms. The molecule has 15 heavy (non-hydrogen) atoms. The molecule has 0 heterocycles. The van der Waals surface area contributed by atoms with Crippen LogP contribution in [0.2, 0.25) is 0 Å². The topological polar surface area (TPSA) is 52.3 Å². The number of ketones is 1. The summed E-state index contributed by atoms with van der Waals surface area (Å²) in [6, 6.07) is 2.87. The first-order valence-corrected chi connectivity index (χ1v) is 4.28. The monoisotopic (exact) mass is 215 g/mol. The second-order valence-electron chi connectivity index (χ2n) is 3.09. The summed E-state index contributed by atoms with van der Waals surface area (Å²) in [5.74, 6) is -0.343. The summed E-state index contributed by atoms with van der Waals surface area (Å²) in [6.45, 7) is -0.0802. The normalized spacial score (nSPS) is 10.5. The lowest BCUT2D eigenvalue weighted by Crippen LogP contribution is -2.08. The first-order chi connectivity index (χ1) is 6.93. The van der Waals surface area contributed by atoms with Crippen molar-refractivity contribution >= 4 is 11.5 Å². The molecule has 0 spiro atoms. The van der Waals surface area contributed by atoms with Gasteiger partial charge in [0.15, 0.2) is 11.5 Å². The molecule has 0 aliphatic rings. The van der Waals surface area contributed by atoms with Gasteiger partial charge in [0.1, 0.15) is 0 Å². The number of ether oxygens (including phenoxy) is 1. The minimum Gasteiger partial charge on any atom is -0.432 e. The lowest BCUT2D eigenvalue weighted by atomic mass is 10.0. The smallest absolute Gasteiger partial charge is 0.387 e. The predicted octanol–water partition coefficient (Wildman–Crippen LogP) is 2.38. The third kappa shape index (κ3) is 2.43. The van der Waals surface area contributed by atoms with Crippen LogP contribution in [0.5, 0.6) is 5.75 Å². The minimum atomic E-state index is -2.95. The lowest BCUT2D eigenvalue weighted by Gasteiger charge is -2.12. The molecule has 0 unspecified atom stereocenters. The van der Waals surface area contributed by atoms with E-state index in [1.165, 1.54) is 26.0 Å². The van der Waals surface area contributed by atoms with E-state index >= 15 is 0 Å². The Hall–Kier alpha value is -1.65. The van der Waals surface area contributed by atoms with Crippen molar-refractivity contribution in [3.8, 4) is 5.75 Å². The van der Waals surface area contributed by atoms with Crippen molar-refractivity contribution in [1.29, 1.82) is 0 Å². The second-order valence-corrected chi connectivity index (χ2v) is 3.09. The number of benzene rings is 1. The molecule has 0 amide bonds. The maximum Gasteiger partial charge on any atom is 0.387 e. The third-order valence-corrected chi connectivity index (χ3v) is 2.02. The fourth-order valence-corrected chi connectivity index (χ4v) is 1.34. The van der Waals surface area contributed by atoms with E-state index in [0.29, 0.717) is 11.1 Å². The van der Waals surface area contributed by atoms with Crippen LogP contribution < -0.4 is 10.5 Å². The van der Waals surface area contributed by atoms with E-state index in [2.05, 4.69) is 4.74 Å². The number of Topliss-reactive ketones (excluding diaryl/α,β-unsaturated/α-hetero) is 1. The van der Waals surface area contributed by atoms with Crippen LogP contribution in [0.25, 0.3) is 0 Å². The summed E-state index contributed by atoms with van der Waals surface area (Å²) in [5.41, 5.74) is 6.23. The SMILES string of the molecule is CC(=O)c1ccc(N)c(OC(F)F)c1C. The van der Waals surface area contributed by atoms with E-state index in [1.54, 1.807) is 0 Å². The molecule has 0 aliphatic carbocycles. The Morgan fingerprint density at radius 2 is 2.07 bits per heavy atom. The summed E-state index contributed by atoms with van der Waals surface area (Å²) < 4.78 is 28.4. The molecule has 0 bridgehead atoms. The Labute approximate surface area is 85.8 Å².